The van der Waals surface area contributed by atoms with Crippen LogP contribution in [0.15, 0.2) is 65.7 Å². The molecule has 1 fully saturated rings. The van der Waals surface area contributed by atoms with Gasteiger partial charge in [0.25, 0.3) is 5.91 Å². The molecule has 160 valence electrons. The van der Waals surface area contributed by atoms with Gasteiger partial charge >= 0.3 is 0 Å². The normalized spacial score (nSPS) is 18.7. The summed E-state index contributed by atoms with van der Waals surface area (Å²) < 4.78 is 5.75. The molecule has 5 nitrogen and oxygen atoms in total. The third-order valence-corrected chi connectivity index (χ3v) is 6.25. The highest BCUT2D eigenvalue weighted by atomic mass is 32.2. The number of ether oxygens (including phenoxy) is 1. The first-order chi connectivity index (χ1) is 15.0. The summed E-state index contributed by atoms with van der Waals surface area (Å²) in [6.45, 7) is 7.35. The van der Waals surface area contributed by atoms with Crippen molar-refractivity contribution >= 4 is 17.7 Å². The Kier molecular flexibility index (Phi) is 6.68. The molecule has 0 saturated carbocycles. The van der Waals surface area contributed by atoms with Crippen LogP contribution < -0.4 is 0 Å². The van der Waals surface area contributed by atoms with Crippen molar-refractivity contribution in [1.82, 2.24) is 15.1 Å². The smallest absolute Gasteiger partial charge is 0.254 e. The molecule has 2 unspecified atom stereocenters. The third-order valence-electron chi connectivity index (χ3n) is 5.25. The third kappa shape index (κ3) is 5.51. The van der Waals surface area contributed by atoms with Gasteiger partial charge in [0.1, 0.15) is 5.03 Å². The number of aromatic nitrogens is 2. The lowest BCUT2D eigenvalue weighted by Gasteiger charge is -2.35. The van der Waals surface area contributed by atoms with Gasteiger partial charge in [0, 0.05) is 30.0 Å². The Balaban J connectivity index is 1.39. The van der Waals surface area contributed by atoms with Gasteiger partial charge in [0.05, 0.1) is 17.9 Å². The average Bonchev–Trinajstić information content (AvgIpc) is 2.78. The summed E-state index contributed by atoms with van der Waals surface area (Å²) >= 11 is 1.62. The fourth-order valence-electron chi connectivity index (χ4n) is 3.75. The maximum absolute atomic E-state index is 13.0. The predicted octanol–water partition coefficient (Wildman–Crippen LogP) is 4.99. The van der Waals surface area contributed by atoms with Crippen LogP contribution in [0.3, 0.4) is 0 Å². The van der Waals surface area contributed by atoms with E-state index in [1.54, 1.807) is 11.8 Å². The van der Waals surface area contributed by atoms with Gasteiger partial charge in [-0.15, -0.1) is 10.2 Å². The van der Waals surface area contributed by atoms with Gasteiger partial charge in [-0.1, -0.05) is 53.7 Å². The van der Waals surface area contributed by atoms with Crippen LogP contribution >= 0.6 is 11.8 Å². The molecular weight excluding hydrogens is 406 g/mol. The van der Waals surface area contributed by atoms with Crippen molar-refractivity contribution in [2.24, 2.45) is 0 Å². The largest absolute Gasteiger partial charge is 0.372 e. The topological polar surface area (TPSA) is 55.3 Å². The molecule has 0 N–H and O–H groups in total. The molecule has 4 rings (SSSR count). The van der Waals surface area contributed by atoms with Crippen LogP contribution in [0, 0.1) is 6.92 Å². The lowest BCUT2D eigenvalue weighted by molar-refractivity contribution is -0.0586. The van der Waals surface area contributed by atoms with Crippen molar-refractivity contribution < 1.29 is 9.53 Å². The molecule has 2 heterocycles. The van der Waals surface area contributed by atoms with E-state index < -0.39 is 0 Å². The molecule has 3 aromatic rings. The van der Waals surface area contributed by atoms with E-state index in [1.165, 1.54) is 5.56 Å². The molecular formula is C25H27N3O2S. The van der Waals surface area contributed by atoms with Crippen molar-refractivity contribution in [3.8, 4) is 11.3 Å². The fraction of sp³-hybridized carbons (Fsp3) is 0.320. The highest BCUT2D eigenvalue weighted by Gasteiger charge is 2.26. The Morgan fingerprint density at radius 2 is 1.77 bits per heavy atom. The lowest BCUT2D eigenvalue weighted by atomic mass is 10.1. The van der Waals surface area contributed by atoms with Crippen LogP contribution in [0.25, 0.3) is 11.3 Å². The first kappa shape index (κ1) is 21.5. The Hall–Kier alpha value is -2.70. The highest BCUT2D eigenvalue weighted by molar-refractivity contribution is 7.98. The Morgan fingerprint density at radius 1 is 1.03 bits per heavy atom. The molecule has 0 radical (unpaired) electrons. The second-order valence-electron chi connectivity index (χ2n) is 8.08. The minimum atomic E-state index is 0.0629. The van der Waals surface area contributed by atoms with Gasteiger partial charge < -0.3 is 9.64 Å². The maximum atomic E-state index is 13.0. The van der Waals surface area contributed by atoms with E-state index in [0.29, 0.717) is 13.1 Å². The average molecular weight is 434 g/mol. The Labute approximate surface area is 187 Å². The minimum Gasteiger partial charge on any atom is -0.372 e. The zero-order valence-corrected chi connectivity index (χ0v) is 18.9. The molecule has 2 aromatic carbocycles. The summed E-state index contributed by atoms with van der Waals surface area (Å²) in [5.41, 5.74) is 4.97. The number of rotatable bonds is 5. The number of hydrogen-bond donors (Lipinski definition) is 0. The summed E-state index contributed by atoms with van der Waals surface area (Å²) in [5.74, 6) is 0.798. The molecule has 1 amide bonds. The summed E-state index contributed by atoms with van der Waals surface area (Å²) in [6, 6.07) is 20.1. The summed E-state index contributed by atoms with van der Waals surface area (Å²) in [4.78, 5) is 14.8. The highest BCUT2D eigenvalue weighted by Crippen LogP contribution is 2.24. The lowest BCUT2D eigenvalue weighted by Crippen LogP contribution is -2.48. The van der Waals surface area contributed by atoms with E-state index in [0.717, 1.165) is 33.2 Å². The number of nitrogens with zero attached hydrogens (tertiary/aromatic N) is 3. The number of hydrogen-bond acceptors (Lipinski definition) is 5. The number of amides is 1. The van der Waals surface area contributed by atoms with Gasteiger partial charge in [0.2, 0.25) is 0 Å². The minimum absolute atomic E-state index is 0.0629. The van der Waals surface area contributed by atoms with E-state index in [4.69, 9.17) is 4.74 Å². The van der Waals surface area contributed by atoms with Crippen LogP contribution in [0.1, 0.15) is 35.3 Å². The molecule has 0 bridgehead atoms. The van der Waals surface area contributed by atoms with E-state index in [-0.39, 0.29) is 18.1 Å². The molecule has 6 heteroatoms. The van der Waals surface area contributed by atoms with Gasteiger partial charge in [-0.2, -0.15) is 0 Å². The van der Waals surface area contributed by atoms with Crippen molar-refractivity contribution in [2.75, 3.05) is 13.1 Å². The number of morpholine rings is 1. The number of aryl methyl sites for hydroxylation is 1. The van der Waals surface area contributed by atoms with Crippen LogP contribution in [0.4, 0.5) is 0 Å². The van der Waals surface area contributed by atoms with Crippen LogP contribution in [0.5, 0.6) is 0 Å². The van der Waals surface area contributed by atoms with Crippen molar-refractivity contribution in [2.45, 2.75) is 43.8 Å². The molecule has 31 heavy (non-hydrogen) atoms. The van der Waals surface area contributed by atoms with Gasteiger partial charge in [-0.05, 0) is 50.6 Å². The first-order valence-corrected chi connectivity index (χ1v) is 11.5. The second kappa shape index (κ2) is 9.62. The molecule has 1 saturated heterocycles. The molecule has 0 spiro atoms. The van der Waals surface area contributed by atoms with E-state index in [1.807, 2.05) is 55.1 Å². The quantitative estimate of drug-likeness (QED) is 0.531. The second-order valence-corrected chi connectivity index (χ2v) is 9.07. The standard InChI is InChI=1S/C25H27N3O2S/c1-17-7-9-21(10-8-17)23-11-12-24(27-26-23)31-16-20-5-4-6-22(13-20)25(29)28-14-18(2)30-19(3)15-28/h4-13,18-19H,14-16H2,1-3H3. The fourth-order valence-corrected chi connectivity index (χ4v) is 4.51. The zero-order chi connectivity index (χ0) is 21.8. The van der Waals surface area contributed by atoms with Crippen molar-refractivity contribution in [1.29, 1.82) is 0 Å². The molecule has 1 aliphatic heterocycles. The monoisotopic (exact) mass is 433 g/mol. The summed E-state index contributed by atoms with van der Waals surface area (Å²) in [5, 5.41) is 9.60. The zero-order valence-electron chi connectivity index (χ0n) is 18.1. The Bertz CT molecular complexity index is 1030. The molecule has 2 atom stereocenters. The van der Waals surface area contributed by atoms with Crippen molar-refractivity contribution in [3.05, 3.63) is 77.4 Å². The van der Waals surface area contributed by atoms with Gasteiger partial charge in [0.15, 0.2) is 0 Å². The van der Waals surface area contributed by atoms with E-state index in [9.17, 15) is 4.79 Å². The SMILES string of the molecule is Cc1ccc(-c2ccc(SCc3cccc(C(=O)N4CC(C)OC(C)C4)c3)nn2)cc1. The van der Waals surface area contributed by atoms with Crippen LogP contribution in [-0.4, -0.2) is 46.3 Å². The van der Waals surface area contributed by atoms with E-state index >= 15 is 0 Å². The number of benzene rings is 2. The van der Waals surface area contributed by atoms with Crippen molar-refractivity contribution in [3.63, 3.8) is 0 Å². The van der Waals surface area contributed by atoms with E-state index in [2.05, 4.69) is 41.4 Å². The molecule has 1 aromatic heterocycles. The number of carbonyl (C=O) groups excluding carboxylic acids is 1. The van der Waals surface area contributed by atoms with Crippen LogP contribution in [0.2, 0.25) is 0 Å². The first-order valence-electron chi connectivity index (χ1n) is 10.5. The number of thioether (sulfide) groups is 1. The summed E-state index contributed by atoms with van der Waals surface area (Å²) in [6.07, 6.45) is 0.126. The van der Waals surface area contributed by atoms with Crippen LogP contribution in [-0.2, 0) is 10.5 Å². The van der Waals surface area contributed by atoms with Gasteiger partial charge in [-0.25, -0.2) is 0 Å². The predicted molar refractivity (Wildman–Crippen MR) is 124 cm³/mol. The molecule has 0 aliphatic carbocycles. The maximum Gasteiger partial charge on any atom is 0.254 e. The summed E-state index contributed by atoms with van der Waals surface area (Å²) in [7, 11) is 0. The molecule has 1 aliphatic rings. The van der Waals surface area contributed by atoms with Gasteiger partial charge in [-0.3, -0.25) is 4.79 Å². The number of carbonyl (C=O) groups is 1. The Morgan fingerprint density at radius 3 is 2.45 bits per heavy atom.